The molecule has 1 nitrogen and oxygen atoms in total. The SMILES string of the molecule is [2H]c1cc2c(c([2H])c1[2H])c([2H])c([2H])c1c([2H])c([2H])c(-c3c4c([2H])c([2H])c([2H])c([2H])c4c(-c4c([2H])c([2H])c([2H])c5oc6c([2H])c([2H])c([2H])c([2H])c6c45)c4c([2H])c([2H])c([2H])c([2H])c34)c([2H])c12. The van der Waals surface area contributed by atoms with E-state index in [1.807, 2.05) is 0 Å². The first kappa shape index (κ1) is 9.61. The summed E-state index contributed by atoms with van der Waals surface area (Å²) in [5, 5.41) is -4.81. The van der Waals surface area contributed by atoms with Crippen molar-refractivity contribution in [1.29, 1.82) is 0 Å². The maximum Gasteiger partial charge on any atom is 0.136 e. The molecule has 0 fully saturated rings. The van der Waals surface area contributed by atoms with Crippen molar-refractivity contribution in [2.75, 3.05) is 0 Å². The van der Waals surface area contributed by atoms with Crippen LogP contribution in [0.5, 0.6) is 0 Å². The summed E-state index contributed by atoms with van der Waals surface area (Å²) in [5.74, 6) is 0. The van der Waals surface area contributed by atoms with Gasteiger partial charge in [0.15, 0.2) is 0 Å². The van der Waals surface area contributed by atoms with Crippen LogP contribution in [0, 0.1) is 0 Å². The monoisotopic (exact) mass is 543 g/mol. The number of furan rings is 1. The molecular formula is C40H24O. The van der Waals surface area contributed by atoms with E-state index in [9.17, 15) is 11.0 Å². The van der Waals surface area contributed by atoms with Crippen molar-refractivity contribution in [3.63, 3.8) is 0 Å². The predicted octanol–water partition coefficient (Wildman–Crippen LogP) is 11.5. The van der Waals surface area contributed by atoms with Crippen molar-refractivity contribution in [3.05, 3.63) is 145 Å². The zero-order valence-corrected chi connectivity index (χ0v) is 20.5. The van der Waals surface area contributed by atoms with Crippen molar-refractivity contribution in [1.82, 2.24) is 0 Å². The number of benzene rings is 8. The molecule has 0 aliphatic carbocycles. The first-order valence-corrected chi connectivity index (χ1v) is 12.2. The van der Waals surface area contributed by atoms with E-state index >= 15 is 0 Å². The normalized spacial score (nSPS) is 19.8. The highest BCUT2D eigenvalue weighted by Crippen LogP contribution is 2.47. The Hall–Kier alpha value is -5.40. The van der Waals surface area contributed by atoms with Crippen LogP contribution in [0.3, 0.4) is 0 Å². The van der Waals surface area contributed by atoms with Crippen LogP contribution in [0.4, 0.5) is 0 Å². The molecule has 0 saturated heterocycles. The van der Waals surface area contributed by atoms with E-state index in [-0.39, 0.29) is 16.2 Å². The molecule has 0 unspecified atom stereocenters. The van der Waals surface area contributed by atoms with Crippen molar-refractivity contribution in [2.24, 2.45) is 0 Å². The molecule has 8 aromatic carbocycles. The van der Waals surface area contributed by atoms with E-state index in [4.69, 9.17) is 25.0 Å². The summed E-state index contributed by atoms with van der Waals surface area (Å²) in [6.45, 7) is 0. The zero-order chi connectivity index (χ0) is 46.9. The molecule has 1 aromatic heterocycles. The van der Waals surface area contributed by atoms with Crippen LogP contribution in [0.15, 0.2) is 149 Å². The predicted molar refractivity (Wildman–Crippen MR) is 175 cm³/mol. The Morgan fingerprint density at radius 1 is 0.415 bits per heavy atom. The fourth-order valence-electron chi connectivity index (χ4n) is 5.27. The quantitative estimate of drug-likeness (QED) is 0.156. The van der Waals surface area contributed by atoms with E-state index in [1.54, 1.807) is 0 Å². The van der Waals surface area contributed by atoms with Gasteiger partial charge >= 0.3 is 0 Å². The molecule has 0 amide bonds. The first-order valence-electron chi connectivity index (χ1n) is 23.7. The molecule has 190 valence electrons. The molecule has 0 aliphatic heterocycles. The average Bonchev–Trinajstić information content (AvgIpc) is 3.66. The van der Waals surface area contributed by atoms with Crippen molar-refractivity contribution in [3.8, 4) is 22.3 Å². The van der Waals surface area contributed by atoms with Gasteiger partial charge in [-0.15, -0.1) is 0 Å². The molecule has 1 heteroatoms. The Kier molecular flexibility index (Phi) is 2.00. The van der Waals surface area contributed by atoms with Crippen LogP contribution in [-0.4, -0.2) is 0 Å². The van der Waals surface area contributed by atoms with Gasteiger partial charge in [0.25, 0.3) is 0 Å². The van der Waals surface area contributed by atoms with Gasteiger partial charge in [-0.25, -0.2) is 0 Å². The Labute approximate surface area is 269 Å². The van der Waals surface area contributed by atoms with Gasteiger partial charge in [0, 0.05) is 10.8 Å². The number of hydrogen-bond donors (Lipinski definition) is 0. The number of rotatable bonds is 2. The standard InChI is InChI=1S/C40H24O/c1-2-11-28-25(10-1)20-21-26-22-23-27(24-35(26)28)38-29-12-3-5-14-31(29)39(32-15-6-4-13-30(32)38)34-17-9-19-37-40(34)33-16-7-8-18-36(33)41-37/h1-24H/i1D,2D,3D,4D,5D,6D,7D,8D,9D,10D,12D,13D,14D,15D,16D,17D,18D,19D,20D,21D,22D,23D,24D. The second kappa shape index (κ2) is 8.55. The van der Waals surface area contributed by atoms with Crippen molar-refractivity contribution >= 4 is 65.0 Å². The Bertz CT molecular complexity index is 3680. The molecule has 0 saturated carbocycles. The largest absolute Gasteiger partial charge is 0.456 e. The smallest absolute Gasteiger partial charge is 0.136 e. The second-order valence-electron chi connectivity index (χ2n) is 9.09. The molecular weight excluding hydrogens is 496 g/mol. The molecule has 0 spiro atoms. The van der Waals surface area contributed by atoms with Crippen molar-refractivity contribution in [2.45, 2.75) is 0 Å². The summed E-state index contributed by atoms with van der Waals surface area (Å²) < 4.78 is 211. The summed E-state index contributed by atoms with van der Waals surface area (Å²) >= 11 is 0. The van der Waals surface area contributed by atoms with Crippen LogP contribution >= 0.6 is 0 Å². The summed E-state index contributed by atoms with van der Waals surface area (Å²) in [5.41, 5.74) is -3.56. The van der Waals surface area contributed by atoms with E-state index in [1.165, 1.54) is 0 Å². The van der Waals surface area contributed by atoms with Gasteiger partial charge in [0.2, 0.25) is 0 Å². The van der Waals surface area contributed by atoms with Crippen LogP contribution in [-0.2, 0) is 0 Å². The molecule has 41 heavy (non-hydrogen) atoms. The molecule has 1 heterocycles. The minimum absolute atomic E-state index is 0.230. The average molecular weight is 544 g/mol. The highest BCUT2D eigenvalue weighted by molar-refractivity contribution is 6.26. The number of para-hydroxylation sites is 1. The summed E-state index contributed by atoms with van der Waals surface area (Å²) in [6.07, 6.45) is 0. The van der Waals surface area contributed by atoms with Gasteiger partial charge < -0.3 is 4.42 Å². The lowest BCUT2D eigenvalue weighted by Gasteiger charge is -2.18. The van der Waals surface area contributed by atoms with Crippen LogP contribution in [0.1, 0.15) is 31.5 Å². The highest BCUT2D eigenvalue weighted by Gasteiger charge is 2.20. The van der Waals surface area contributed by atoms with Gasteiger partial charge in [-0.05, 0) is 83.5 Å². The van der Waals surface area contributed by atoms with Gasteiger partial charge in [-0.1, -0.05) is 127 Å². The Morgan fingerprint density at radius 2 is 1.00 bits per heavy atom. The summed E-state index contributed by atoms with van der Waals surface area (Å²) in [7, 11) is 0. The summed E-state index contributed by atoms with van der Waals surface area (Å²) in [4.78, 5) is 0. The number of fused-ring (bicyclic) bond motifs is 8. The lowest BCUT2D eigenvalue weighted by molar-refractivity contribution is 0.669. The van der Waals surface area contributed by atoms with Crippen LogP contribution < -0.4 is 0 Å². The van der Waals surface area contributed by atoms with Crippen molar-refractivity contribution < 1.29 is 35.9 Å². The fraction of sp³-hybridized carbons (Fsp3) is 0. The third-order valence-electron chi connectivity index (χ3n) is 6.96. The lowest BCUT2D eigenvalue weighted by atomic mass is 9.84. The van der Waals surface area contributed by atoms with E-state index in [2.05, 4.69) is 0 Å². The molecule has 9 aromatic rings. The third kappa shape index (κ3) is 3.24. The Balaban J connectivity index is 1.68. The second-order valence-corrected chi connectivity index (χ2v) is 9.09. The van der Waals surface area contributed by atoms with Gasteiger partial charge in [-0.2, -0.15) is 0 Å². The van der Waals surface area contributed by atoms with Crippen LogP contribution in [0.2, 0.25) is 0 Å². The van der Waals surface area contributed by atoms with E-state index in [0.717, 1.165) is 6.07 Å². The molecule has 9 rings (SSSR count). The van der Waals surface area contributed by atoms with Gasteiger partial charge in [0.05, 0.1) is 31.5 Å². The number of hydrogen-bond acceptors (Lipinski definition) is 1. The highest BCUT2D eigenvalue weighted by atomic mass is 16.3. The first-order chi connectivity index (χ1) is 29.9. The molecule has 0 bridgehead atoms. The Morgan fingerprint density at radius 3 is 1.76 bits per heavy atom. The van der Waals surface area contributed by atoms with Gasteiger partial charge in [0.1, 0.15) is 11.2 Å². The maximum atomic E-state index is 9.75. The van der Waals surface area contributed by atoms with Crippen LogP contribution in [0.25, 0.3) is 87.3 Å². The fourth-order valence-corrected chi connectivity index (χ4v) is 5.27. The maximum absolute atomic E-state index is 9.75. The third-order valence-corrected chi connectivity index (χ3v) is 6.96. The molecule has 0 N–H and O–H groups in total. The molecule has 0 radical (unpaired) electrons. The summed E-state index contributed by atoms with van der Waals surface area (Å²) in [6, 6.07) is -17.5. The van der Waals surface area contributed by atoms with E-state index < -0.39 is 210 Å². The molecule has 0 aliphatic rings. The molecule has 0 atom stereocenters. The zero-order valence-electron chi connectivity index (χ0n) is 43.5. The minimum atomic E-state index is -0.921. The minimum Gasteiger partial charge on any atom is -0.456 e. The van der Waals surface area contributed by atoms with E-state index in [0.29, 0.717) is 0 Å². The van der Waals surface area contributed by atoms with Gasteiger partial charge in [-0.3, -0.25) is 0 Å². The topological polar surface area (TPSA) is 13.1 Å². The lowest BCUT2D eigenvalue weighted by Crippen LogP contribution is -1.91.